The molecule has 4 nitrogen and oxygen atoms in total. The van der Waals surface area contributed by atoms with Crippen LogP contribution in [0.4, 0.5) is 0 Å². The van der Waals surface area contributed by atoms with E-state index in [1.54, 1.807) is 0 Å². The number of fused-ring (bicyclic) bond motifs is 5. The summed E-state index contributed by atoms with van der Waals surface area (Å²) in [4.78, 5) is 11.4. The Labute approximate surface area is 157 Å². The van der Waals surface area contributed by atoms with Crippen LogP contribution in [-0.4, -0.2) is 34.5 Å². The molecule has 4 aliphatic rings. The van der Waals surface area contributed by atoms with Crippen molar-refractivity contribution in [3.8, 4) is 0 Å². The van der Waals surface area contributed by atoms with Crippen LogP contribution in [0.5, 0.6) is 0 Å². The molecule has 0 radical (unpaired) electrons. The molecule has 26 heavy (non-hydrogen) atoms. The summed E-state index contributed by atoms with van der Waals surface area (Å²) >= 11 is 0. The molecule has 146 valence electrons. The molecule has 5 unspecified atom stereocenters. The highest BCUT2D eigenvalue weighted by Gasteiger charge is 2.64. The van der Waals surface area contributed by atoms with Gasteiger partial charge in [-0.25, -0.2) is 0 Å². The van der Waals surface area contributed by atoms with Crippen molar-refractivity contribution >= 4 is 5.97 Å². The minimum atomic E-state index is -0.726. The van der Waals surface area contributed by atoms with Crippen molar-refractivity contribution in [2.45, 2.75) is 84.0 Å². The average Bonchev–Trinajstić information content (AvgIpc) is 2.88. The van der Waals surface area contributed by atoms with Gasteiger partial charge >= 0.3 is 5.97 Å². The van der Waals surface area contributed by atoms with Crippen molar-refractivity contribution in [1.29, 1.82) is 0 Å². The van der Waals surface area contributed by atoms with Crippen LogP contribution < -0.4 is 0 Å². The van der Waals surface area contributed by atoms with Crippen LogP contribution in [0.1, 0.15) is 65.7 Å². The van der Waals surface area contributed by atoms with Crippen molar-refractivity contribution in [3.63, 3.8) is 0 Å². The van der Waals surface area contributed by atoms with E-state index in [1.807, 2.05) is 0 Å². The van der Waals surface area contributed by atoms with Gasteiger partial charge in [-0.15, -0.1) is 0 Å². The van der Waals surface area contributed by atoms with Gasteiger partial charge in [0.15, 0.2) is 0 Å². The molecule has 4 heteroatoms. The molecule has 0 aliphatic heterocycles. The first-order valence-corrected chi connectivity index (χ1v) is 10.4. The number of aliphatic hydroxyl groups is 2. The molecule has 0 aromatic rings. The monoisotopic (exact) mass is 362 g/mol. The van der Waals surface area contributed by atoms with Gasteiger partial charge in [0, 0.05) is 6.92 Å². The maximum absolute atomic E-state index is 11.4. The highest BCUT2D eigenvalue weighted by molar-refractivity contribution is 5.66. The van der Waals surface area contributed by atoms with E-state index in [9.17, 15) is 15.0 Å². The Morgan fingerprint density at radius 3 is 2.50 bits per heavy atom. The summed E-state index contributed by atoms with van der Waals surface area (Å²) in [6.07, 6.45) is 5.38. The standard InChI is InChI=1S/C22H34O4/c1-12-5-6-15-18-16(8-10-21(12,15)3)22(4)9-7-14(26-13(2)23)11-17(22)19(24)20(18)25/h14-20,24-25H,1,5-11H2,2-4H3/t14-,15?,16?,17?,18?,19+,20?,21+,22+/m0/s1. The van der Waals surface area contributed by atoms with E-state index in [0.717, 1.165) is 38.5 Å². The van der Waals surface area contributed by atoms with Gasteiger partial charge in [-0.2, -0.15) is 0 Å². The molecule has 2 N–H and O–H groups in total. The van der Waals surface area contributed by atoms with Crippen molar-refractivity contribution in [2.75, 3.05) is 0 Å². The maximum Gasteiger partial charge on any atom is 0.302 e. The lowest BCUT2D eigenvalue weighted by Crippen LogP contribution is -2.64. The smallest absolute Gasteiger partial charge is 0.302 e. The predicted octanol–water partition coefficient (Wildman–Crippen LogP) is 3.46. The highest BCUT2D eigenvalue weighted by atomic mass is 16.5. The molecule has 0 amide bonds. The Balaban J connectivity index is 1.64. The quantitative estimate of drug-likeness (QED) is 0.554. The Morgan fingerprint density at radius 2 is 1.81 bits per heavy atom. The minimum Gasteiger partial charge on any atom is -0.463 e. The molecule has 4 aliphatic carbocycles. The van der Waals surface area contributed by atoms with Gasteiger partial charge in [0.1, 0.15) is 6.10 Å². The number of esters is 1. The summed E-state index contributed by atoms with van der Waals surface area (Å²) in [5.41, 5.74) is 1.49. The van der Waals surface area contributed by atoms with E-state index in [1.165, 1.54) is 12.5 Å². The van der Waals surface area contributed by atoms with Crippen molar-refractivity contribution in [2.24, 2.45) is 34.5 Å². The molecule has 0 aromatic heterocycles. The van der Waals surface area contributed by atoms with E-state index in [-0.39, 0.29) is 34.7 Å². The fraction of sp³-hybridized carbons (Fsp3) is 0.864. The summed E-state index contributed by atoms with van der Waals surface area (Å²) in [5, 5.41) is 22.2. The topological polar surface area (TPSA) is 66.8 Å². The highest BCUT2D eigenvalue weighted by Crippen LogP contribution is 2.67. The predicted molar refractivity (Wildman–Crippen MR) is 99.2 cm³/mol. The van der Waals surface area contributed by atoms with E-state index >= 15 is 0 Å². The van der Waals surface area contributed by atoms with Gasteiger partial charge in [0.05, 0.1) is 12.2 Å². The second kappa shape index (κ2) is 6.07. The first kappa shape index (κ1) is 18.5. The third-order valence-corrected chi connectivity index (χ3v) is 8.99. The second-order valence-corrected chi connectivity index (χ2v) is 9.99. The van der Waals surface area contributed by atoms with Crippen LogP contribution in [0.3, 0.4) is 0 Å². The number of carbonyl (C=O) groups excluding carboxylic acids is 1. The van der Waals surface area contributed by atoms with Crippen LogP contribution in [0.25, 0.3) is 0 Å². The van der Waals surface area contributed by atoms with Crippen LogP contribution in [0, 0.1) is 34.5 Å². The van der Waals surface area contributed by atoms with E-state index in [4.69, 9.17) is 4.74 Å². The SMILES string of the molecule is C=C1CCC2C3C(O)[C@H](O)C4C[C@@H](OC(C)=O)CC[C@]4(C)C3CC[C@]12C. The number of aliphatic hydroxyl groups excluding tert-OH is 2. The van der Waals surface area contributed by atoms with Gasteiger partial charge in [0.25, 0.3) is 0 Å². The van der Waals surface area contributed by atoms with Gasteiger partial charge in [-0.3, -0.25) is 4.79 Å². The summed E-state index contributed by atoms with van der Waals surface area (Å²) in [5.74, 6) is 0.788. The Kier molecular flexibility index (Phi) is 4.31. The number of ether oxygens (including phenoxy) is 1. The molecule has 0 heterocycles. The lowest BCUT2D eigenvalue weighted by molar-refractivity contribution is -0.220. The third kappa shape index (κ3) is 2.44. The van der Waals surface area contributed by atoms with E-state index < -0.39 is 12.2 Å². The molecule has 4 saturated carbocycles. The van der Waals surface area contributed by atoms with Gasteiger partial charge in [-0.1, -0.05) is 26.0 Å². The zero-order valence-electron chi connectivity index (χ0n) is 16.4. The van der Waals surface area contributed by atoms with Gasteiger partial charge in [-0.05, 0) is 79.4 Å². The Hall–Kier alpha value is -0.870. The average molecular weight is 363 g/mol. The van der Waals surface area contributed by atoms with Crippen LogP contribution in [0.15, 0.2) is 12.2 Å². The second-order valence-electron chi connectivity index (χ2n) is 9.99. The van der Waals surface area contributed by atoms with E-state index in [0.29, 0.717) is 18.3 Å². The zero-order valence-corrected chi connectivity index (χ0v) is 16.4. The number of rotatable bonds is 1. The fourth-order valence-corrected chi connectivity index (χ4v) is 7.47. The molecule has 0 aromatic carbocycles. The minimum absolute atomic E-state index is 0.00538. The first-order valence-electron chi connectivity index (χ1n) is 10.4. The van der Waals surface area contributed by atoms with Crippen LogP contribution >= 0.6 is 0 Å². The van der Waals surface area contributed by atoms with Crippen molar-refractivity contribution in [1.82, 2.24) is 0 Å². The molecular weight excluding hydrogens is 328 g/mol. The van der Waals surface area contributed by atoms with Crippen molar-refractivity contribution in [3.05, 3.63) is 12.2 Å². The summed E-state index contributed by atoms with van der Waals surface area (Å²) in [6.45, 7) is 10.4. The third-order valence-electron chi connectivity index (χ3n) is 8.99. The first-order chi connectivity index (χ1) is 12.2. The molecule has 4 fully saturated rings. The van der Waals surface area contributed by atoms with Gasteiger partial charge in [0.2, 0.25) is 0 Å². The van der Waals surface area contributed by atoms with Crippen LogP contribution in [-0.2, 0) is 9.53 Å². The lowest BCUT2D eigenvalue weighted by Gasteiger charge is -2.63. The lowest BCUT2D eigenvalue weighted by atomic mass is 9.43. The number of hydrogen-bond acceptors (Lipinski definition) is 4. The number of carbonyl (C=O) groups is 1. The summed E-state index contributed by atoms with van der Waals surface area (Å²) in [6, 6.07) is 0. The number of hydrogen-bond donors (Lipinski definition) is 2. The largest absolute Gasteiger partial charge is 0.463 e. The molecule has 0 saturated heterocycles. The Bertz CT molecular complexity index is 615. The van der Waals surface area contributed by atoms with E-state index in [2.05, 4.69) is 20.4 Å². The molecule has 0 spiro atoms. The molecule has 0 bridgehead atoms. The maximum atomic E-state index is 11.4. The normalized spacial score (nSPS) is 53.4. The summed E-state index contributed by atoms with van der Waals surface area (Å²) < 4.78 is 5.46. The van der Waals surface area contributed by atoms with Crippen LogP contribution in [0.2, 0.25) is 0 Å². The van der Waals surface area contributed by atoms with Crippen molar-refractivity contribution < 1.29 is 19.7 Å². The zero-order chi connectivity index (χ0) is 18.9. The fourth-order valence-electron chi connectivity index (χ4n) is 7.47. The van der Waals surface area contributed by atoms with Gasteiger partial charge < -0.3 is 14.9 Å². The molecular formula is C22H34O4. The number of allylic oxidation sites excluding steroid dienone is 1. The molecule has 9 atom stereocenters. The Morgan fingerprint density at radius 1 is 1.08 bits per heavy atom. The summed E-state index contributed by atoms with van der Waals surface area (Å²) in [7, 11) is 0. The molecule has 4 rings (SSSR count).